The molecule has 0 aromatic carbocycles. The standard InChI is InChI=1S/C32H64.H3P/c1-5-9-13-17-18-20-25-31-27-23-26-30(24-19-14-10-6-2)32(31,28-21-15-11-7-3)29-22-16-12-8-4;/h30-31H,5-29H2,1-4H3;1H3. The molecule has 1 heteroatoms. The Morgan fingerprint density at radius 2 is 0.788 bits per heavy atom. The molecule has 200 valence electrons. The zero-order chi connectivity index (χ0) is 23.3. The van der Waals surface area contributed by atoms with Gasteiger partial charge in [-0.3, -0.25) is 0 Å². The van der Waals surface area contributed by atoms with E-state index in [-0.39, 0.29) is 9.90 Å². The maximum atomic E-state index is 2.37. The maximum absolute atomic E-state index is 2.37. The molecule has 1 fully saturated rings. The summed E-state index contributed by atoms with van der Waals surface area (Å²) in [4.78, 5) is 0. The maximum Gasteiger partial charge on any atom is -0.0241 e. The van der Waals surface area contributed by atoms with Crippen molar-refractivity contribution in [1.29, 1.82) is 0 Å². The first-order chi connectivity index (χ1) is 15.7. The molecular weight excluding hydrogens is 415 g/mol. The third-order valence-corrected chi connectivity index (χ3v) is 9.04. The van der Waals surface area contributed by atoms with Crippen LogP contribution in [0.3, 0.4) is 0 Å². The van der Waals surface area contributed by atoms with Crippen LogP contribution in [0.5, 0.6) is 0 Å². The summed E-state index contributed by atoms with van der Waals surface area (Å²) in [5.74, 6) is 2.09. The van der Waals surface area contributed by atoms with E-state index >= 15 is 0 Å². The lowest BCUT2D eigenvalue weighted by molar-refractivity contribution is -0.0123. The number of rotatable bonds is 22. The summed E-state index contributed by atoms with van der Waals surface area (Å²) in [7, 11) is 0. The Kier molecular flexibility index (Phi) is 23.2. The highest BCUT2D eigenvalue weighted by molar-refractivity contribution is 6.92. The van der Waals surface area contributed by atoms with Gasteiger partial charge in [0.2, 0.25) is 0 Å². The average molecular weight is 483 g/mol. The van der Waals surface area contributed by atoms with Crippen molar-refractivity contribution in [3.05, 3.63) is 0 Å². The van der Waals surface area contributed by atoms with E-state index in [1.807, 2.05) is 0 Å². The Morgan fingerprint density at radius 3 is 1.21 bits per heavy atom. The zero-order valence-electron chi connectivity index (χ0n) is 24.0. The van der Waals surface area contributed by atoms with E-state index in [0.717, 1.165) is 11.8 Å². The van der Waals surface area contributed by atoms with E-state index in [4.69, 9.17) is 0 Å². The monoisotopic (exact) mass is 482 g/mol. The van der Waals surface area contributed by atoms with Crippen LogP contribution in [0.4, 0.5) is 0 Å². The molecule has 1 saturated carbocycles. The molecule has 0 aromatic heterocycles. The molecule has 0 nitrogen and oxygen atoms in total. The van der Waals surface area contributed by atoms with Crippen LogP contribution in [-0.4, -0.2) is 0 Å². The Morgan fingerprint density at radius 1 is 0.455 bits per heavy atom. The highest BCUT2D eigenvalue weighted by atomic mass is 31.0. The molecule has 0 amide bonds. The van der Waals surface area contributed by atoms with Crippen LogP contribution in [0.25, 0.3) is 0 Å². The van der Waals surface area contributed by atoms with Gasteiger partial charge in [0.1, 0.15) is 0 Å². The van der Waals surface area contributed by atoms with Crippen LogP contribution in [0.15, 0.2) is 0 Å². The van der Waals surface area contributed by atoms with E-state index < -0.39 is 0 Å². The molecular formula is C32H67P. The van der Waals surface area contributed by atoms with Gasteiger partial charge in [-0.1, -0.05) is 150 Å². The van der Waals surface area contributed by atoms with Gasteiger partial charge >= 0.3 is 0 Å². The number of hydrogen-bond acceptors (Lipinski definition) is 0. The highest BCUT2D eigenvalue weighted by Crippen LogP contribution is 2.55. The topological polar surface area (TPSA) is 0 Å². The number of hydrogen-bond donors (Lipinski definition) is 0. The minimum absolute atomic E-state index is 0. The van der Waals surface area contributed by atoms with Crippen molar-refractivity contribution < 1.29 is 0 Å². The van der Waals surface area contributed by atoms with Crippen LogP contribution >= 0.6 is 9.90 Å². The molecule has 1 rings (SSSR count). The summed E-state index contributed by atoms with van der Waals surface area (Å²) in [5.41, 5.74) is 0.704. The molecule has 0 radical (unpaired) electrons. The Balaban J connectivity index is 0.0000102. The van der Waals surface area contributed by atoms with E-state index in [2.05, 4.69) is 27.7 Å². The smallest absolute Gasteiger partial charge is 0.0241 e. The van der Waals surface area contributed by atoms with E-state index in [1.54, 1.807) is 38.5 Å². The van der Waals surface area contributed by atoms with Gasteiger partial charge in [-0.25, -0.2) is 0 Å². The van der Waals surface area contributed by atoms with E-state index in [0.29, 0.717) is 5.41 Å². The molecule has 33 heavy (non-hydrogen) atoms. The fourth-order valence-electron chi connectivity index (χ4n) is 7.07. The first-order valence-corrected chi connectivity index (χ1v) is 15.7. The molecule has 0 aliphatic heterocycles. The Hall–Kier alpha value is 0.430. The fraction of sp³-hybridized carbons (Fsp3) is 1.00. The summed E-state index contributed by atoms with van der Waals surface area (Å²) in [6.07, 6.45) is 37.2. The van der Waals surface area contributed by atoms with Gasteiger partial charge in [-0.15, -0.1) is 0 Å². The van der Waals surface area contributed by atoms with Crippen LogP contribution in [0.2, 0.25) is 0 Å². The molecule has 1 aliphatic rings. The van der Waals surface area contributed by atoms with Gasteiger partial charge in [-0.2, -0.15) is 9.90 Å². The summed E-state index contributed by atoms with van der Waals surface area (Å²) >= 11 is 0. The van der Waals surface area contributed by atoms with Gasteiger partial charge < -0.3 is 0 Å². The lowest BCUT2D eigenvalue weighted by atomic mass is 9.54. The predicted octanol–water partition coefficient (Wildman–Crippen LogP) is 12.1. The third-order valence-electron chi connectivity index (χ3n) is 9.04. The van der Waals surface area contributed by atoms with Gasteiger partial charge in [0.25, 0.3) is 0 Å². The third kappa shape index (κ3) is 13.9. The van der Waals surface area contributed by atoms with Crippen molar-refractivity contribution in [2.45, 2.75) is 188 Å². The van der Waals surface area contributed by atoms with Gasteiger partial charge in [0.15, 0.2) is 0 Å². The second kappa shape index (κ2) is 22.9. The summed E-state index contributed by atoms with van der Waals surface area (Å²) < 4.78 is 0. The lowest BCUT2D eigenvalue weighted by Crippen LogP contribution is -2.42. The van der Waals surface area contributed by atoms with Gasteiger partial charge in [0.05, 0.1) is 0 Å². The Bertz CT molecular complexity index is 378. The quantitative estimate of drug-likeness (QED) is 0.106. The van der Waals surface area contributed by atoms with Crippen LogP contribution < -0.4 is 0 Å². The molecule has 0 saturated heterocycles. The molecule has 1 aliphatic carbocycles. The largest absolute Gasteiger partial charge is 0.153 e. The molecule has 0 bridgehead atoms. The van der Waals surface area contributed by atoms with Crippen LogP contribution in [0, 0.1) is 17.3 Å². The normalized spacial score (nSPS) is 20.0. The first kappa shape index (κ1) is 33.4. The Labute approximate surface area is 215 Å². The van der Waals surface area contributed by atoms with Crippen LogP contribution in [0.1, 0.15) is 188 Å². The van der Waals surface area contributed by atoms with Crippen LogP contribution in [-0.2, 0) is 0 Å². The fourth-order valence-corrected chi connectivity index (χ4v) is 7.07. The molecule has 3 unspecified atom stereocenters. The van der Waals surface area contributed by atoms with Gasteiger partial charge in [-0.05, 0) is 55.8 Å². The van der Waals surface area contributed by atoms with Crippen molar-refractivity contribution in [2.24, 2.45) is 17.3 Å². The molecule has 0 N–H and O–H groups in total. The zero-order valence-corrected chi connectivity index (χ0v) is 25.5. The molecule has 0 spiro atoms. The molecule has 3 atom stereocenters. The van der Waals surface area contributed by atoms with E-state index in [1.165, 1.54) is 122 Å². The van der Waals surface area contributed by atoms with E-state index in [9.17, 15) is 0 Å². The minimum atomic E-state index is 0. The van der Waals surface area contributed by atoms with Crippen molar-refractivity contribution in [1.82, 2.24) is 0 Å². The van der Waals surface area contributed by atoms with Gasteiger partial charge in [0, 0.05) is 0 Å². The van der Waals surface area contributed by atoms with Crippen molar-refractivity contribution in [3.8, 4) is 0 Å². The molecule has 0 aromatic rings. The van der Waals surface area contributed by atoms with Crippen molar-refractivity contribution in [2.75, 3.05) is 0 Å². The summed E-state index contributed by atoms with van der Waals surface area (Å²) in [5, 5.41) is 0. The lowest BCUT2D eigenvalue weighted by Gasteiger charge is -2.51. The molecule has 0 heterocycles. The summed E-state index contributed by atoms with van der Waals surface area (Å²) in [6.45, 7) is 9.45. The van der Waals surface area contributed by atoms with Crippen molar-refractivity contribution >= 4 is 9.90 Å². The highest BCUT2D eigenvalue weighted by Gasteiger charge is 2.45. The SMILES string of the molecule is CCCCCCCCC1CCCC(CCCCCC)C1(CCCCCC)CCCCCC.P. The predicted molar refractivity (Wildman–Crippen MR) is 159 cm³/mol. The second-order valence-corrected chi connectivity index (χ2v) is 11.6. The first-order valence-electron chi connectivity index (χ1n) is 15.7. The minimum Gasteiger partial charge on any atom is -0.153 e. The van der Waals surface area contributed by atoms with Crippen molar-refractivity contribution in [3.63, 3.8) is 0 Å². The number of unbranched alkanes of at least 4 members (excludes halogenated alkanes) is 14. The summed E-state index contributed by atoms with van der Waals surface area (Å²) in [6, 6.07) is 0. The average Bonchev–Trinajstić information content (AvgIpc) is 2.81. The second-order valence-electron chi connectivity index (χ2n) is 11.6.